The van der Waals surface area contributed by atoms with Crippen molar-refractivity contribution in [2.24, 2.45) is 0 Å². The van der Waals surface area contributed by atoms with Gasteiger partial charge in [-0.15, -0.1) is 0 Å². The van der Waals surface area contributed by atoms with Crippen molar-refractivity contribution in [2.45, 2.75) is 50.7 Å². The number of carbonyl (C=O) groups excluding carboxylic acids is 1. The van der Waals surface area contributed by atoms with Gasteiger partial charge in [-0.05, 0) is 30.4 Å². The molecule has 0 unspecified atom stereocenters. The van der Waals surface area contributed by atoms with Crippen LogP contribution in [0.4, 0.5) is 0 Å². The van der Waals surface area contributed by atoms with Gasteiger partial charge in [-0.25, -0.2) is 0 Å². The first-order valence-corrected chi connectivity index (χ1v) is 8.01. The van der Waals surface area contributed by atoms with Gasteiger partial charge in [-0.3, -0.25) is 4.79 Å². The van der Waals surface area contributed by atoms with Crippen molar-refractivity contribution < 1.29 is 9.90 Å². The number of hydrogen-bond acceptors (Lipinski definition) is 3. The summed E-state index contributed by atoms with van der Waals surface area (Å²) < 4.78 is 0. The van der Waals surface area contributed by atoms with Crippen molar-refractivity contribution in [1.29, 1.82) is 0 Å². The van der Waals surface area contributed by atoms with E-state index in [1.165, 1.54) is 24.0 Å². The topological polar surface area (TPSA) is 52.6 Å². The van der Waals surface area contributed by atoms with Gasteiger partial charge in [0, 0.05) is 19.1 Å². The molecule has 1 atom stereocenters. The van der Waals surface area contributed by atoms with Gasteiger partial charge in [0.05, 0.1) is 12.6 Å². The van der Waals surface area contributed by atoms with Gasteiger partial charge in [0.2, 0.25) is 5.91 Å². The monoisotopic (exact) mass is 288 g/mol. The second-order valence-electron chi connectivity index (χ2n) is 6.10. The molecule has 1 saturated carbocycles. The Kier molecular flexibility index (Phi) is 4.56. The molecule has 0 bridgehead atoms. The Morgan fingerprint density at radius 2 is 1.95 bits per heavy atom. The first-order valence-electron chi connectivity index (χ1n) is 8.01. The fourth-order valence-corrected chi connectivity index (χ4v) is 3.63. The highest BCUT2D eigenvalue weighted by molar-refractivity contribution is 5.83. The van der Waals surface area contributed by atoms with E-state index in [2.05, 4.69) is 17.4 Å². The lowest BCUT2D eigenvalue weighted by molar-refractivity contribution is -0.136. The summed E-state index contributed by atoms with van der Waals surface area (Å²) in [5.41, 5.74) is 2.56. The van der Waals surface area contributed by atoms with Crippen LogP contribution in [0.3, 0.4) is 0 Å². The zero-order chi connectivity index (χ0) is 14.7. The minimum absolute atomic E-state index is 0.0472. The standard InChI is InChI=1S/C17H24N2O2/c20-10-9-19(15-7-3-4-8-15)17(21)16-11-13-5-1-2-6-14(13)12-18-16/h1-2,5-6,15-16,18,20H,3-4,7-12H2/t16-/m0/s1. The van der Waals surface area contributed by atoms with Gasteiger partial charge < -0.3 is 15.3 Å². The van der Waals surface area contributed by atoms with Crippen molar-refractivity contribution in [3.05, 3.63) is 35.4 Å². The summed E-state index contributed by atoms with van der Waals surface area (Å²) >= 11 is 0. The van der Waals surface area contributed by atoms with Crippen LogP contribution in [0.15, 0.2) is 24.3 Å². The van der Waals surface area contributed by atoms with Crippen LogP contribution in [0.2, 0.25) is 0 Å². The molecular formula is C17H24N2O2. The number of amides is 1. The average Bonchev–Trinajstić information content (AvgIpc) is 3.05. The van der Waals surface area contributed by atoms with Gasteiger partial charge >= 0.3 is 0 Å². The predicted octanol–water partition coefficient (Wildman–Crippen LogP) is 1.46. The van der Waals surface area contributed by atoms with Crippen LogP contribution < -0.4 is 5.32 Å². The number of rotatable bonds is 4. The molecule has 0 radical (unpaired) electrons. The molecule has 2 N–H and O–H groups in total. The zero-order valence-electron chi connectivity index (χ0n) is 12.4. The molecule has 0 saturated heterocycles. The average molecular weight is 288 g/mol. The summed E-state index contributed by atoms with van der Waals surface area (Å²) in [7, 11) is 0. The lowest BCUT2D eigenvalue weighted by Crippen LogP contribution is -2.52. The van der Waals surface area contributed by atoms with Crippen LogP contribution >= 0.6 is 0 Å². The minimum Gasteiger partial charge on any atom is -0.395 e. The number of carbonyl (C=O) groups is 1. The van der Waals surface area contributed by atoms with Crippen molar-refractivity contribution in [2.75, 3.05) is 13.2 Å². The summed E-state index contributed by atoms with van der Waals surface area (Å²) in [6, 6.07) is 8.48. The van der Waals surface area contributed by atoms with Crippen LogP contribution in [-0.2, 0) is 17.8 Å². The van der Waals surface area contributed by atoms with E-state index in [0.717, 1.165) is 25.8 Å². The summed E-state index contributed by atoms with van der Waals surface area (Å²) in [5, 5.41) is 12.7. The Bertz CT molecular complexity index is 497. The van der Waals surface area contributed by atoms with E-state index < -0.39 is 0 Å². The first-order chi connectivity index (χ1) is 10.3. The second-order valence-corrected chi connectivity index (χ2v) is 6.10. The molecule has 1 amide bonds. The van der Waals surface area contributed by atoms with Crippen molar-refractivity contribution in [3.8, 4) is 0 Å². The number of nitrogens with zero attached hydrogens (tertiary/aromatic N) is 1. The third kappa shape index (κ3) is 3.11. The normalized spacial score (nSPS) is 22.0. The predicted molar refractivity (Wildman–Crippen MR) is 81.8 cm³/mol. The minimum atomic E-state index is -0.146. The van der Waals surface area contributed by atoms with E-state index in [0.29, 0.717) is 12.6 Å². The third-order valence-electron chi connectivity index (χ3n) is 4.77. The molecule has 21 heavy (non-hydrogen) atoms. The highest BCUT2D eigenvalue weighted by Crippen LogP contribution is 2.25. The van der Waals surface area contributed by atoms with Crippen LogP contribution in [0, 0.1) is 0 Å². The fourth-order valence-electron chi connectivity index (χ4n) is 3.63. The molecule has 114 valence electrons. The number of benzene rings is 1. The molecule has 1 fully saturated rings. The van der Waals surface area contributed by atoms with E-state index in [1.807, 2.05) is 17.0 Å². The Morgan fingerprint density at radius 1 is 1.24 bits per heavy atom. The van der Waals surface area contributed by atoms with Crippen molar-refractivity contribution >= 4 is 5.91 Å². The molecule has 4 heteroatoms. The Labute approximate surface area is 126 Å². The van der Waals surface area contributed by atoms with Crippen molar-refractivity contribution in [1.82, 2.24) is 10.2 Å². The molecule has 0 aromatic heterocycles. The Hall–Kier alpha value is -1.39. The lowest BCUT2D eigenvalue weighted by atomic mass is 9.95. The smallest absolute Gasteiger partial charge is 0.240 e. The number of aliphatic hydroxyl groups is 1. The number of nitrogens with one attached hydrogen (secondary N) is 1. The molecule has 1 aromatic carbocycles. The summed E-state index contributed by atoms with van der Waals surface area (Å²) in [5.74, 6) is 0.158. The summed E-state index contributed by atoms with van der Waals surface area (Å²) in [6.07, 6.45) is 5.30. The lowest BCUT2D eigenvalue weighted by Gasteiger charge is -2.34. The molecule has 1 aromatic rings. The molecule has 3 rings (SSSR count). The molecule has 0 spiro atoms. The van der Waals surface area contributed by atoms with Crippen LogP contribution in [0.5, 0.6) is 0 Å². The van der Waals surface area contributed by atoms with Gasteiger partial charge in [-0.1, -0.05) is 37.1 Å². The molecule has 1 aliphatic heterocycles. The Balaban J connectivity index is 1.71. The maximum Gasteiger partial charge on any atom is 0.240 e. The highest BCUT2D eigenvalue weighted by Gasteiger charge is 2.32. The maximum absolute atomic E-state index is 12.8. The molecule has 2 aliphatic rings. The van der Waals surface area contributed by atoms with Crippen LogP contribution in [-0.4, -0.2) is 41.1 Å². The molecule has 1 aliphatic carbocycles. The maximum atomic E-state index is 12.8. The number of aliphatic hydroxyl groups excluding tert-OH is 1. The van der Waals surface area contributed by atoms with E-state index in [4.69, 9.17) is 0 Å². The number of fused-ring (bicyclic) bond motifs is 1. The van der Waals surface area contributed by atoms with E-state index in [-0.39, 0.29) is 18.6 Å². The zero-order valence-corrected chi connectivity index (χ0v) is 12.4. The molecular weight excluding hydrogens is 264 g/mol. The highest BCUT2D eigenvalue weighted by atomic mass is 16.3. The summed E-state index contributed by atoms with van der Waals surface area (Å²) in [6.45, 7) is 1.26. The Morgan fingerprint density at radius 3 is 2.67 bits per heavy atom. The first kappa shape index (κ1) is 14.5. The van der Waals surface area contributed by atoms with Crippen LogP contribution in [0.25, 0.3) is 0 Å². The fraction of sp³-hybridized carbons (Fsp3) is 0.588. The quantitative estimate of drug-likeness (QED) is 0.882. The summed E-state index contributed by atoms with van der Waals surface area (Å²) in [4.78, 5) is 14.8. The second kappa shape index (κ2) is 6.58. The van der Waals surface area contributed by atoms with Gasteiger partial charge in [0.1, 0.15) is 0 Å². The van der Waals surface area contributed by atoms with E-state index in [9.17, 15) is 9.90 Å². The van der Waals surface area contributed by atoms with E-state index in [1.54, 1.807) is 0 Å². The molecule has 1 heterocycles. The third-order valence-corrected chi connectivity index (χ3v) is 4.77. The van der Waals surface area contributed by atoms with E-state index >= 15 is 0 Å². The number of hydrogen-bond donors (Lipinski definition) is 2. The van der Waals surface area contributed by atoms with Gasteiger partial charge in [-0.2, -0.15) is 0 Å². The van der Waals surface area contributed by atoms with Crippen LogP contribution in [0.1, 0.15) is 36.8 Å². The van der Waals surface area contributed by atoms with Gasteiger partial charge in [0.15, 0.2) is 0 Å². The van der Waals surface area contributed by atoms with Crippen molar-refractivity contribution in [3.63, 3.8) is 0 Å². The van der Waals surface area contributed by atoms with Gasteiger partial charge in [0.25, 0.3) is 0 Å². The SMILES string of the molecule is O=C([C@@H]1Cc2ccccc2CN1)N(CCO)C1CCCC1. The largest absolute Gasteiger partial charge is 0.395 e. The molecule has 4 nitrogen and oxygen atoms in total.